The van der Waals surface area contributed by atoms with Crippen molar-refractivity contribution in [3.05, 3.63) is 41.6 Å². The molecule has 1 aromatic heterocycles. The van der Waals surface area contributed by atoms with E-state index in [1.165, 1.54) is 18.9 Å². The zero-order valence-corrected chi connectivity index (χ0v) is 15.6. The van der Waals surface area contributed by atoms with E-state index in [1.54, 1.807) is 0 Å². The molecular formula is C20H21F2N3O4. The Bertz CT molecular complexity index is 908. The van der Waals surface area contributed by atoms with E-state index >= 15 is 0 Å². The van der Waals surface area contributed by atoms with Crippen molar-refractivity contribution in [2.75, 3.05) is 19.6 Å². The van der Waals surface area contributed by atoms with E-state index in [9.17, 15) is 23.5 Å². The summed E-state index contributed by atoms with van der Waals surface area (Å²) in [5, 5.41) is 15.9. The fourth-order valence-electron chi connectivity index (χ4n) is 3.75. The van der Waals surface area contributed by atoms with Crippen LogP contribution in [0, 0.1) is 23.5 Å². The van der Waals surface area contributed by atoms with E-state index in [1.807, 2.05) is 0 Å². The van der Waals surface area contributed by atoms with E-state index in [2.05, 4.69) is 15.4 Å². The largest absolute Gasteiger partial charge is 0.481 e. The Morgan fingerprint density at radius 3 is 2.62 bits per heavy atom. The zero-order chi connectivity index (χ0) is 20.5. The van der Waals surface area contributed by atoms with Crippen LogP contribution in [0.2, 0.25) is 0 Å². The van der Waals surface area contributed by atoms with E-state index in [4.69, 9.17) is 4.52 Å². The van der Waals surface area contributed by atoms with Crippen LogP contribution >= 0.6 is 0 Å². The lowest BCUT2D eigenvalue weighted by Crippen LogP contribution is -2.53. The number of aromatic nitrogens is 1. The lowest BCUT2D eigenvalue weighted by Gasteiger charge is -2.36. The standard InChI is InChI=1S/C20H21F2N3O4/c21-13-2-1-3-14(22)18(13)17-8-16(24-29-17)19(26)23-15-6-7-25(9-11-4-5-11)10-12(15)20(27)28/h1-3,8,11-12,15H,4-7,9-10H2,(H,23,26)(H,27,28)/t12-,15-/m1/s1. The maximum absolute atomic E-state index is 13.9. The molecule has 2 N–H and O–H groups in total. The third kappa shape index (κ3) is 4.29. The average Bonchev–Trinajstić information content (AvgIpc) is 3.36. The first kappa shape index (κ1) is 19.5. The topological polar surface area (TPSA) is 95.7 Å². The van der Waals surface area contributed by atoms with Crippen LogP contribution < -0.4 is 5.32 Å². The second-order valence-corrected chi connectivity index (χ2v) is 7.69. The monoisotopic (exact) mass is 405 g/mol. The van der Waals surface area contributed by atoms with Gasteiger partial charge in [0.25, 0.3) is 5.91 Å². The first-order valence-corrected chi connectivity index (χ1v) is 9.59. The number of carbonyl (C=O) groups excluding carboxylic acids is 1. The normalized spacial score (nSPS) is 22.4. The van der Waals surface area contributed by atoms with Crippen LogP contribution in [0.1, 0.15) is 29.8 Å². The molecule has 0 spiro atoms. The van der Waals surface area contributed by atoms with Crippen LogP contribution in [-0.4, -0.2) is 52.7 Å². The van der Waals surface area contributed by atoms with Crippen molar-refractivity contribution in [3.63, 3.8) is 0 Å². The molecular weight excluding hydrogens is 384 g/mol. The van der Waals surface area contributed by atoms with Gasteiger partial charge in [-0.3, -0.25) is 9.59 Å². The second kappa shape index (κ2) is 7.90. The van der Waals surface area contributed by atoms with Crippen molar-refractivity contribution in [1.29, 1.82) is 0 Å². The molecule has 0 unspecified atom stereocenters. The highest BCUT2D eigenvalue weighted by Gasteiger charge is 2.37. The summed E-state index contributed by atoms with van der Waals surface area (Å²) >= 11 is 0. The zero-order valence-electron chi connectivity index (χ0n) is 15.6. The van der Waals surface area contributed by atoms with Crippen molar-refractivity contribution in [2.24, 2.45) is 11.8 Å². The molecule has 154 valence electrons. The Labute approximate surface area is 165 Å². The highest BCUT2D eigenvalue weighted by atomic mass is 19.1. The van der Waals surface area contributed by atoms with Gasteiger partial charge in [-0.1, -0.05) is 11.2 Å². The summed E-state index contributed by atoms with van der Waals surface area (Å²) in [6.07, 6.45) is 2.87. The maximum atomic E-state index is 13.9. The van der Waals surface area contributed by atoms with Crippen molar-refractivity contribution in [2.45, 2.75) is 25.3 Å². The average molecular weight is 405 g/mol. The predicted molar refractivity (Wildman–Crippen MR) is 98.0 cm³/mol. The van der Waals surface area contributed by atoms with E-state index in [0.29, 0.717) is 25.4 Å². The number of halogens is 2. The van der Waals surface area contributed by atoms with Gasteiger partial charge >= 0.3 is 5.97 Å². The Hall–Kier alpha value is -2.81. The molecule has 4 rings (SSSR count). The second-order valence-electron chi connectivity index (χ2n) is 7.69. The molecule has 2 atom stereocenters. The van der Waals surface area contributed by atoms with Gasteiger partial charge in [0.2, 0.25) is 0 Å². The number of carboxylic acids is 1. The van der Waals surface area contributed by atoms with Gasteiger partial charge in [-0.2, -0.15) is 0 Å². The summed E-state index contributed by atoms with van der Waals surface area (Å²) in [5.74, 6) is -3.55. The number of carbonyl (C=O) groups is 2. The summed E-state index contributed by atoms with van der Waals surface area (Å²) in [4.78, 5) is 26.4. The minimum atomic E-state index is -0.968. The fraction of sp³-hybridized carbons (Fsp3) is 0.450. The van der Waals surface area contributed by atoms with Crippen LogP contribution in [0.5, 0.6) is 0 Å². The molecule has 1 aromatic carbocycles. The van der Waals surface area contributed by atoms with Crippen molar-refractivity contribution in [3.8, 4) is 11.3 Å². The van der Waals surface area contributed by atoms with Gasteiger partial charge in [0.1, 0.15) is 11.6 Å². The van der Waals surface area contributed by atoms with Gasteiger partial charge in [-0.05, 0) is 37.3 Å². The highest BCUT2D eigenvalue weighted by molar-refractivity contribution is 5.93. The first-order chi connectivity index (χ1) is 13.9. The number of nitrogens with zero attached hydrogens (tertiary/aromatic N) is 2. The van der Waals surface area contributed by atoms with Crippen molar-refractivity contribution < 1.29 is 28.0 Å². The first-order valence-electron chi connectivity index (χ1n) is 9.59. The van der Waals surface area contributed by atoms with Crippen LogP contribution in [0.15, 0.2) is 28.8 Å². The van der Waals surface area contributed by atoms with Gasteiger partial charge in [-0.25, -0.2) is 8.78 Å². The number of aliphatic carboxylic acids is 1. The lowest BCUT2D eigenvalue weighted by molar-refractivity contribution is -0.144. The Kier molecular flexibility index (Phi) is 5.31. The number of hydrogen-bond donors (Lipinski definition) is 2. The lowest BCUT2D eigenvalue weighted by atomic mass is 9.91. The van der Waals surface area contributed by atoms with Crippen LogP contribution in [0.3, 0.4) is 0 Å². The quantitative estimate of drug-likeness (QED) is 0.767. The van der Waals surface area contributed by atoms with E-state index < -0.39 is 41.0 Å². The fourth-order valence-corrected chi connectivity index (χ4v) is 3.75. The van der Waals surface area contributed by atoms with Gasteiger partial charge in [0.05, 0.1) is 11.5 Å². The number of piperidine rings is 1. The van der Waals surface area contributed by atoms with Crippen molar-refractivity contribution in [1.82, 2.24) is 15.4 Å². The number of amides is 1. The molecule has 1 aliphatic carbocycles. The molecule has 0 radical (unpaired) electrons. The van der Waals surface area contributed by atoms with Gasteiger partial charge in [0, 0.05) is 31.7 Å². The van der Waals surface area contributed by atoms with Crippen molar-refractivity contribution >= 4 is 11.9 Å². The molecule has 1 saturated heterocycles. The number of rotatable bonds is 6. The molecule has 1 amide bonds. The summed E-state index contributed by atoms with van der Waals surface area (Å²) < 4.78 is 32.7. The number of nitrogens with one attached hydrogen (secondary N) is 1. The smallest absolute Gasteiger partial charge is 0.309 e. The number of hydrogen-bond acceptors (Lipinski definition) is 5. The molecule has 2 heterocycles. The molecule has 2 aliphatic rings. The Balaban J connectivity index is 1.45. The maximum Gasteiger partial charge on any atom is 0.309 e. The van der Waals surface area contributed by atoms with Crippen LogP contribution in [0.25, 0.3) is 11.3 Å². The Morgan fingerprint density at radius 2 is 1.97 bits per heavy atom. The Morgan fingerprint density at radius 1 is 1.24 bits per heavy atom. The minimum Gasteiger partial charge on any atom is -0.481 e. The number of benzene rings is 1. The molecule has 2 fully saturated rings. The SMILES string of the molecule is O=C(N[C@@H]1CCN(CC2CC2)C[C@H]1C(=O)O)c1cc(-c2c(F)cccc2F)on1. The molecule has 1 aliphatic heterocycles. The van der Waals surface area contributed by atoms with Gasteiger partial charge in [-0.15, -0.1) is 0 Å². The molecule has 29 heavy (non-hydrogen) atoms. The summed E-state index contributed by atoms with van der Waals surface area (Å²) in [5.41, 5.74) is -0.567. The van der Waals surface area contributed by atoms with Gasteiger partial charge < -0.3 is 19.8 Å². The third-order valence-corrected chi connectivity index (χ3v) is 5.50. The molecule has 1 saturated carbocycles. The third-order valence-electron chi connectivity index (χ3n) is 5.50. The molecule has 0 bridgehead atoms. The highest BCUT2D eigenvalue weighted by Crippen LogP contribution is 2.31. The number of carboxylic acid groups (broad SMARTS) is 1. The molecule has 7 nitrogen and oxygen atoms in total. The summed E-state index contributed by atoms with van der Waals surface area (Å²) in [6, 6.07) is 3.97. The minimum absolute atomic E-state index is 0.160. The van der Waals surface area contributed by atoms with E-state index in [0.717, 1.165) is 24.7 Å². The van der Waals surface area contributed by atoms with Gasteiger partial charge in [0.15, 0.2) is 11.5 Å². The molecule has 9 heteroatoms. The predicted octanol–water partition coefficient (Wildman–Crippen LogP) is 2.53. The summed E-state index contributed by atoms with van der Waals surface area (Å²) in [7, 11) is 0. The van der Waals surface area contributed by atoms with E-state index in [-0.39, 0.29) is 11.5 Å². The van der Waals surface area contributed by atoms with Crippen LogP contribution in [0.4, 0.5) is 8.78 Å². The van der Waals surface area contributed by atoms with Crippen LogP contribution in [-0.2, 0) is 4.79 Å². The molecule has 2 aromatic rings. The number of likely N-dealkylation sites (tertiary alicyclic amines) is 1. The summed E-state index contributed by atoms with van der Waals surface area (Å²) in [6.45, 7) is 1.97.